The molecule has 3 atom stereocenters. The van der Waals surface area contributed by atoms with Gasteiger partial charge in [0.05, 0.1) is 17.5 Å². The van der Waals surface area contributed by atoms with Crippen LogP contribution in [0.4, 0.5) is 5.69 Å². The van der Waals surface area contributed by atoms with Gasteiger partial charge in [0.2, 0.25) is 5.91 Å². The number of aliphatic hydroxyl groups is 1. The SMILES string of the molecule is CC(C)(C)NC(=O)C1CSCN1C(=O)[C@@H](O)[C@H](Cc1ccccc1)NC(=O)c1ccccc1N. The molecule has 0 saturated carbocycles. The fraction of sp³-hybridized carbons (Fsp3) is 0.400. The monoisotopic (exact) mass is 484 g/mol. The van der Waals surface area contributed by atoms with Crippen molar-refractivity contribution in [1.29, 1.82) is 0 Å². The van der Waals surface area contributed by atoms with Crippen LogP contribution in [0.2, 0.25) is 0 Å². The fourth-order valence-corrected chi connectivity index (χ4v) is 4.90. The van der Waals surface area contributed by atoms with Crippen LogP contribution in [0.15, 0.2) is 54.6 Å². The molecule has 2 aromatic carbocycles. The highest BCUT2D eigenvalue weighted by Crippen LogP contribution is 2.24. The number of thioether (sulfide) groups is 1. The maximum atomic E-state index is 13.3. The van der Waals surface area contributed by atoms with Crippen molar-refractivity contribution in [2.24, 2.45) is 0 Å². The Bertz CT molecular complexity index is 1030. The molecule has 3 rings (SSSR count). The first-order valence-electron chi connectivity index (χ1n) is 11.1. The van der Waals surface area contributed by atoms with Crippen molar-refractivity contribution < 1.29 is 19.5 Å². The van der Waals surface area contributed by atoms with Crippen molar-refractivity contribution in [2.75, 3.05) is 17.4 Å². The molecule has 0 aliphatic carbocycles. The predicted octanol–water partition coefficient (Wildman–Crippen LogP) is 1.79. The van der Waals surface area contributed by atoms with Crippen LogP contribution in [0, 0.1) is 0 Å². The molecule has 3 amide bonds. The summed E-state index contributed by atoms with van der Waals surface area (Å²) in [7, 11) is 0. The van der Waals surface area contributed by atoms with Crippen molar-refractivity contribution in [3.63, 3.8) is 0 Å². The molecule has 1 saturated heterocycles. The second-order valence-corrected chi connectivity index (χ2v) is 10.4. The topological polar surface area (TPSA) is 125 Å². The van der Waals surface area contributed by atoms with E-state index in [1.54, 1.807) is 24.3 Å². The normalized spacial score (nSPS) is 17.6. The number of carbonyl (C=O) groups excluding carboxylic acids is 3. The second-order valence-electron chi connectivity index (χ2n) is 9.36. The molecule has 5 N–H and O–H groups in total. The van der Waals surface area contributed by atoms with Gasteiger partial charge in [0, 0.05) is 17.0 Å². The molecule has 1 fully saturated rings. The van der Waals surface area contributed by atoms with E-state index in [2.05, 4.69) is 10.6 Å². The molecule has 34 heavy (non-hydrogen) atoms. The number of aliphatic hydroxyl groups excluding tert-OH is 1. The van der Waals surface area contributed by atoms with E-state index < -0.39 is 35.5 Å². The number of nitrogen functional groups attached to an aromatic ring is 1. The van der Waals surface area contributed by atoms with E-state index in [-0.39, 0.29) is 23.8 Å². The number of rotatable bonds is 7. The summed E-state index contributed by atoms with van der Waals surface area (Å²) in [6, 6.07) is 14.3. The largest absolute Gasteiger partial charge is 0.398 e. The highest BCUT2D eigenvalue weighted by molar-refractivity contribution is 7.99. The molecule has 8 nitrogen and oxygen atoms in total. The molecular weight excluding hydrogens is 452 g/mol. The van der Waals surface area contributed by atoms with E-state index in [1.165, 1.54) is 16.7 Å². The molecule has 1 heterocycles. The molecular formula is C25H32N4O4S. The minimum atomic E-state index is -1.54. The van der Waals surface area contributed by atoms with Gasteiger partial charge in [-0.15, -0.1) is 11.8 Å². The first-order valence-corrected chi connectivity index (χ1v) is 12.3. The number of hydrogen-bond acceptors (Lipinski definition) is 6. The highest BCUT2D eigenvalue weighted by Gasteiger charge is 2.40. The lowest BCUT2D eigenvalue weighted by Crippen LogP contribution is -2.57. The van der Waals surface area contributed by atoms with E-state index in [0.717, 1.165) is 5.56 Å². The van der Waals surface area contributed by atoms with Gasteiger partial charge < -0.3 is 26.4 Å². The zero-order chi connectivity index (χ0) is 24.9. The van der Waals surface area contributed by atoms with Crippen LogP contribution in [0.1, 0.15) is 36.7 Å². The van der Waals surface area contributed by atoms with Crippen molar-refractivity contribution in [3.05, 3.63) is 65.7 Å². The summed E-state index contributed by atoms with van der Waals surface area (Å²) in [5.41, 5.74) is 6.90. The quantitative estimate of drug-likeness (QED) is 0.444. The summed E-state index contributed by atoms with van der Waals surface area (Å²) >= 11 is 1.45. The van der Waals surface area contributed by atoms with Crippen molar-refractivity contribution in [1.82, 2.24) is 15.5 Å². The van der Waals surface area contributed by atoms with E-state index in [0.29, 0.717) is 11.4 Å². The Morgan fingerprint density at radius 1 is 1.12 bits per heavy atom. The van der Waals surface area contributed by atoms with Crippen LogP contribution >= 0.6 is 11.8 Å². The Morgan fingerprint density at radius 2 is 1.76 bits per heavy atom. The average molecular weight is 485 g/mol. The first-order chi connectivity index (χ1) is 16.1. The summed E-state index contributed by atoms with van der Waals surface area (Å²) in [6.45, 7) is 5.61. The molecule has 0 spiro atoms. The summed E-state index contributed by atoms with van der Waals surface area (Å²) in [5.74, 6) is -0.615. The number of nitrogens with zero attached hydrogens (tertiary/aromatic N) is 1. The van der Waals surface area contributed by atoms with E-state index in [9.17, 15) is 19.5 Å². The Hall–Kier alpha value is -3.04. The maximum Gasteiger partial charge on any atom is 0.254 e. The van der Waals surface area contributed by atoms with Crippen molar-refractivity contribution in [2.45, 2.75) is 50.9 Å². The summed E-state index contributed by atoms with van der Waals surface area (Å²) < 4.78 is 0. The second kappa shape index (κ2) is 10.9. The average Bonchev–Trinajstić information content (AvgIpc) is 3.27. The predicted molar refractivity (Wildman–Crippen MR) is 134 cm³/mol. The number of para-hydroxylation sites is 1. The van der Waals surface area contributed by atoms with Gasteiger partial charge in [-0.2, -0.15) is 0 Å². The standard InChI is InChI=1S/C25H32N4O4S/c1-25(2,3)28-23(32)20-14-34-15-29(20)24(33)21(30)19(13-16-9-5-4-6-10-16)27-22(31)17-11-7-8-12-18(17)26/h4-12,19-21,30H,13-15,26H2,1-3H3,(H,27,31)(H,28,32)/t19-,20?,21-/m0/s1. The lowest BCUT2D eigenvalue weighted by molar-refractivity contribution is -0.146. The molecule has 1 aliphatic rings. The molecule has 1 aliphatic heterocycles. The summed E-state index contributed by atoms with van der Waals surface area (Å²) in [6.07, 6.45) is -1.32. The third kappa shape index (κ3) is 6.51. The van der Waals surface area contributed by atoms with Crippen molar-refractivity contribution in [3.8, 4) is 0 Å². The number of anilines is 1. The van der Waals surface area contributed by atoms with Gasteiger partial charge in [-0.3, -0.25) is 14.4 Å². The molecule has 0 aromatic heterocycles. The molecule has 2 aromatic rings. The molecule has 0 radical (unpaired) electrons. The highest BCUT2D eigenvalue weighted by atomic mass is 32.2. The Kier molecular flexibility index (Phi) is 8.22. The smallest absolute Gasteiger partial charge is 0.254 e. The Labute approximate surface area is 204 Å². The summed E-state index contributed by atoms with van der Waals surface area (Å²) in [5, 5.41) is 16.8. The zero-order valence-corrected chi connectivity index (χ0v) is 20.5. The van der Waals surface area contributed by atoms with Gasteiger partial charge in [0.15, 0.2) is 6.10 Å². The van der Waals surface area contributed by atoms with E-state index in [1.807, 2.05) is 51.1 Å². The van der Waals surface area contributed by atoms with Gasteiger partial charge in [0.25, 0.3) is 11.8 Å². The van der Waals surface area contributed by atoms with Crippen LogP contribution in [0.3, 0.4) is 0 Å². The summed E-state index contributed by atoms with van der Waals surface area (Å²) in [4.78, 5) is 40.5. The Morgan fingerprint density at radius 3 is 2.41 bits per heavy atom. The van der Waals surface area contributed by atoms with Gasteiger partial charge in [-0.25, -0.2) is 0 Å². The number of hydrogen-bond donors (Lipinski definition) is 4. The van der Waals surface area contributed by atoms with Crippen LogP contribution in [-0.4, -0.2) is 63.1 Å². The zero-order valence-electron chi connectivity index (χ0n) is 19.7. The number of amides is 3. The molecule has 9 heteroatoms. The third-order valence-electron chi connectivity index (χ3n) is 5.42. The lowest BCUT2D eigenvalue weighted by atomic mass is 9.99. The van der Waals surface area contributed by atoms with Crippen LogP contribution < -0.4 is 16.4 Å². The lowest BCUT2D eigenvalue weighted by Gasteiger charge is -2.31. The molecule has 0 bridgehead atoms. The van der Waals surface area contributed by atoms with E-state index >= 15 is 0 Å². The minimum Gasteiger partial charge on any atom is -0.398 e. The number of nitrogens with one attached hydrogen (secondary N) is 2. The van der Waals surface area contributed by atoms with Gasteiger partial charge in [0.1, 0.15) is 6.04 Å². The number of carbonyl (C=O) groups is 3. The first kappa shape index (κ1) is 25.6. The third-order valence-corrected chi connectivity index (χ3v) is 6.43. The van der Waals surface area contributed by atoms with E-state index in [4.69, 9.17) is 5.73 Å². The Balaban J connectivity index is 1.81. The maximum absolute atomic E-state index is 13.3. The number of benzene rings is 2. The van der Waals surface area contributed by atoms with Gasteiger partial charge in [-0.1, -0.05) is 42.5 Å². The number of nitrogens with two attached hydrogens (primary N) is 1. The van der Waals surface area contributed by atoms with Gasteiger partial charge >= 0.3 is 0 Å². The van der Waals surface area contributed by atoms with Crippen molar-refractivity contribution >= 4 is 35.2 Å². The van der Waals surface area contributed by atoms with Crippen LogP contribution in [0.5, 0.6) is 0 Å². The fourth-order valence-electron chi connectivity index (χ4n) is 3.73. The molecule has 1 unspecified atom stereocenters. The molecule has 182 valence electrons. The van der Waals surface area contributed by atoms with Crippen LogP contribution in [0.25, 0.3) is 0 Å². The van der Waals surface area contributed by atoms with Gasteiger partial charge in [-0.05, 0) is 44.9 Å². The van der Waals surface area contributed by atoms with Crippen LogP contribution in [-0.2, 0) is 16.0 Å². The minimum absolute atomic E-state index is 0.228.